The van der Waals surface area contributed by atoms with E-state index in [1.54, 1.807) is 12.3 Å². The quantitative estimate of drug-likeness (QED) is 0.695. The van der Waals surface area contributed by atoms with Gasteiger partial charge in [-0.25, -0.2) is 0 Å². The first kappa shape index (κ1) is 7.57. The number of hydrogen-bond donors (Lipinski definition) is 1. The number of amides is 1. The van der Waals surface area contributed by atoms with Crippen LogP contribution in [0.2, 0.25) is 4.34 Å². The third kappa shape index (κ3) is 1.15. The normalized spacial score (nSPS) is 9.80. The largest absolute Gasteiger partial charge is 0.366 e. The molecule has 0 spiro atoms. The van der Waals surface area contributed by atoms with Gasteiger partial charge in [0.2, 0.25) is 5.91 Å². The van der Waals surface area contributed by atoms with Crippen LogP contribution >= 0.6 is 22.9 Å². The van der Waals surface area contributed by atoms with Gasteiger partial charge in [-0.15, -0.1) is 11.3 Å². The zero-order chi connectivity index (χ0) is 7.72. The summed E-state index contributed by atoms with van der Waals surface area (Å²) in [5.41, 5.74) is 6.34. The van der Waals surface area contributed by atoms with Gasteiger partial charge in [0.1, 0.15) is 0 Å². The molecule has 0 fully saturated rings. The van der Waals surface area contributed by atoms with E-state index >= 15 is 0 Å². The highest BCUT2D eigenvalue weighted by Gasteiger charge is 2.08. The van der Waals surface area contributed by atoms with Gasteiger partial charge in [-0.1, -0.05) is 11.6 Å². The predicted octanol–water partition coefficient (Wildman–Crippen LogP) is 1.81. The molecule has 0 saturated carbocycles. The predicted molar refractivity (Wildman–Crippen MR) is 42.6 cm³/mol. The number of hydrogen-bond acceptors (Lipinski definition) is 2. The molecule has 0 radical (unpaired) electrons. The van der Waals surface area contributed by atoms with E-state index < -0.39 is 5.91 Å². The van der Waals surface area contributed by atoms with Crippen molar-refractivity contribution in [2.45, 2.75) is 6.92 Å². The Morgan fingerprint density at radius 1 is 1.80 bits per heavy atom. The lowest BCUT2D eigenvalue weighted by molar-refractivity contribution is 0.1000. The SMILES string of the molecule is Cc1c(C(N)=O)csc1Cl. The van der Waals surface area contributed by atoms with Crippen molar-refractivity contribution in [1.29, 1.82) is 0 Å². The van der Waals surface area contributed by atoms with Crippen molar-refractivity contribution in [2.75, 3.05) is 0 Å². The fourth-order valence-electron chi connectivity index (χ4n) is 0.636. The maximum Gasteiger partial charge on any atom is 0.249 e. The van der Waals surface area contributed by atoms with Gasteiger partial charge in [0, 0.05) is 5.38 Å². The number of carbonyl (C=O) groups is 1. The van der Waals surface area contributed by atoms with Crippen LogP contribution in [0.5, 0.6) is 0 Å². The first-order valence-electron chi connectivity index (χ1n) is 2.66. The van der Waals surface area contributed by atoms with Gasteiger partial charge >= 0.3 is 0 Å². The molecule has 0 aliphatic rings. The second kappa shape index (κ2) is 2.60. The Balaban J connectivity index is 3.17. The Labute approximate surface area is 67.6 Å². The molecule has 54 valence electrons. The highest BCUT2D eigenvalue weighted by atomic mass is 35.5. The summed E-state index contributed by atoms with van der Waals surface area (Å²) in [4.78, 5) is 10.6. The van der Waals surface area contributed by atoms with E-state index in [1.807, 2.05) is 0 Å². The van der Waals surface area contributed by atoms with Crippen LogP contribution in [0.1, 0.15) is 15.9 Å². The van der Waals surface area contributed by atoms with Crippen LogP contribution in [0.25, 0.3) is 0 Å². The molecule has 1 heterocycles. The minimum absolute atomic E-state index is 0.416. The van der Waals surface area contributed by atoms with Crippen molar-refractivity contribution >= 4 is 28.8 Å². The van der Waals surface area contributed by atoms with Crippen LogP contribution in [0.4, 0.5) is 0 Å². The summed E-state index contributed by atoms with van der Waals surface area (Å²) < 4.78 is 0.633. The summed E-state index contributed by atoms with van der Waals surface area (Å²) in [6.07, 6.45) is 0. The van der Waals surface area contributed by atoms with Gasteiger partial charge in [-0.3, -0.25) is 4.79 Å². The lowest BCUT2D eigenvalue weighted by atomic mass is 10.2. The van der Waals surface area contributed by atoms with Crippen LogP contribution in [0.15, 0.2) is 5.38 Å². The molecule has 1 amide bonds. The zero-order valence-electron chi connectivity index (χ0n) is 5.35. The Hall–Kier alpha value is -0.540. The van der Waals surface area contributed by atoms with E-state index in [0.29, 0.717) is 9.90 Å². The summed E-state index contributed by atoms with van der Waals surface area (Å²) in [7, 11) is 0. The monoisotopic (exact) mass is 175 g/mol. The maximum absolute atomic E-state index is 10.6. The van der Waals surface area contributed by atoms with E-state index in [4.69, 9.17) is 17.3 Å². The lowest BCUT2D eigenvalue weighted by Crippen LogP contribution is -2.10. The second-order valence-corrected chi connectivity index (χ2v) is 3.39. The Bertz CT molecular complexity index is 269. The summed E-state index contributed by atoms with van der Waals surface area (Å²) in [6.45, 7) is 1.78. The number of rotatable bonds is 1. The van der Waals surface area contributed by atoms with Crippen molar-refractivity contribution in [3.8, 4) is 0 Å². The van der Waals surface area contributed by atoms with E-state index in [2.05, 4.69) is 0 Å². The average molecular weight is 176 g/mol. The summed E-state index contributed by atoms with van der Waals surface area (Å²) in [5, 5.41) is 1.67. The molecule has 2 N–H and O–H groups in total. The fraction of sp³-hybridized carbons (Fsp3) is 0.167. The van der Waals surface area contributed by atoms with Crippen LogP contribution in [0, 0.1) is 6.92 Å². The molecule has 1 rings (SSSR count). The number of carbonyl (C=O) groups excluding carboxylic acids is 1. The lowest BCUT2D eigenvalue weighted by Gasteiger charge is -1.90. The number of primary amides is 1. The second-order valence-electron chi connectivity index (χ2n) is 1.91. The van der Waals surface area contributed by atoms with E-state index in [0.717, 1.165) is 5.56 Å². The summed E-state index contributed by atoms with van der Waals surface area (Å²) in [6, 6.07) is 0. The van der Waals surface area contributed by atoms with Gasteiger partial charge in [0.15, 0.2) is 0 Å². The minimum Gasteiger partial charge on any atom is -0.366 e. The molecule has 0 aromatic carbocycles. The van der Waals surface area contributed by atoms with Crippen molar-refractivity contribution in [3.05, 3.63) is 20.8 Å². The number of thiophene rings is 1. The summed E-state index contributed by atoms with van der Waals surface area (Å²) in [5.74, 6) is -0.416. The smallest absolute Gasteiger partial charge is 0.249 e. The van der Waals surface area contributed by atoms with Crippen LogP contribution in [-0.2, 0) is 0 Å². The van der Waals surface area contributed by atoms with Crippen molar-refractivity contribution in [3.63, 3.8) is 0 Å². The van der Waals surface area contributed by atoms with Gasteiger partial charge in [-0.05, 0) is 12.5 Å². The van der Waals surface area contributed by atoms with Crippen molar-refractivity contribution in [2.24, 2.45) is 5.73 Å². The van der Waals surface area contributed by atoms with E-state index in [1.165, 1.54) is 11.3 Å². The van der Waals surface area contributed by atoms with E-state index in [-0.39, 0.29) is 0 Å². The third-order valence-electron chi connectivity index (χ3n) is 1.24. The molecule has 0 aliphatic carbocycles. The van der Waals surface area contributed by atoms with Crippen molar-refractivity contribution in [1.82, 2.24) is 0 Å². The Morgan fingerprint density at radius 3 is 2.60 bits per heavy atom. The molecule has 0 bridgehead atoms. The average Bonchev–Trinajstić information content (AvgIpc) is 2.14. The molecule has 2 nitrogen and oxygen atoms in total. The van der Waals surface area contributed by atoms with Gasteiger partial charge in [0.25, 0.3) is 0 Å². The highest BCUT2D eigenvalue weighted by molar-refractivity contribution is 7.14. The molecule has 10 heavy (non-hydrogen) atoms. The summed E-state index contributed by atoms with van der Waals surface area (Å²) >= 11 is 7.01. The van der Waals surface area contributed by atoms with Crippen molar-refractivity contribution < 1.29 is 4.79 Å². The fourth-order valence-corrected chi connectivity index (χ4v) is 1.67. The molecule has 0 atom stereocenters. The minimum atomic E-state index is -0.416. The first-order valence-corrected chi connectivity index (χ1v) is 3.92. The Kier molecular flexibility index (Phi) is 1.97. The molecular formula is C6H6ClNOS. The van der Waals surface area contributed by atoms with E-state index in [9.17, 15) is 4.79 Å². The molecule has 4 heteroatoms. The highest BCUT2D eigenvalue weighted by Crippen LogP contribution is 2.25. The molecule has 0 unspecified atom stereocenters. The number of nitrogens with two attached hydrogens (primary N) is 1. The van der Waals surface area contributed by atoms with Crippen LogP contribution < -0.4 is 5.73 Å². The van der Waals surface area contributed by atoms with Gasteiger partial charge < -0.3 is 5.73 Å². The molecule has 1 aromatic rings. The molecule has 0 saturated heterocycles. The van der Waals surface area contributed by atoms with Gasteiger partial charge in [0.05, 0.1) is 9.90 Å². The first-order chi connectivity index (χ1) is 4.63. The third-order valence-corrected chi connectivity index (χ3v) is 2.66. The molecule has 1 aromatic heterocycles. The maximum atomic E-state index is 10.6. The Morgan fingerprint density at radius 2 is 2.40 bits per heavy atom. The number of halogens is 1. The molecular weight excluding hydrogens is 170 g/mol. The van der Waals surface area contributed by atoms with Gasteiger partial charge in [-0.2, -0.15) is 0 Å². The standard InChI is InChI=1S/C6H6ClNOS/c1-3-4(6(8)9)2-10-5(3)7/h2H,1H3,(H2,8,9). The van der Waals surface area contributed by atoms with Crippen LogP contribution in [-0.4, -0.2) is 5.91 Å². The van der Waals surface area contributed by atoms with Crippen LogP contribution in [0.3, 0.4) is 0 Å². The molecule has 0 aliphatic heterocycles. The topological polar surface area (TPSA) is 43.1 Å². The zero-order valence-corrected chi connectivity index (χ0v) is 6.92.